The molecule has 0 saturated carbocycles. The zero-order valence-corrected chi connectivity index (χ0v) is 15.9. The Hall–Kier alpha value is -2.97. The van der Waals surface area contributed by atoms with Crippen LogP contribution >= 0.6 is 0 Å². The molecular weight excluding hydrogens is 369 g/mol. The Balaban J connectivity index is 2.79. The quantitative estimate of drug-likeness (QED) is 0.528. The Labute approximate surface area is 163 Å². The van der Waals surface area contributed by atoms with Crippen molar-refractivity contribution in [3.05, 3.63) is 30.3 Å². The highest BCUT2D eigenvalue weighted by Gasteiger charge is 2.29. The summed E-state index contributed by atoms with van der Waals surface area (Å²) < 4.78 is 18.0. The van der Waals surface area contributed by atoms with Crippen molar-refractivity contribution in [3.8, 4) is 0 Å². The molecule has 28 heavy (non-hydrogen) atoms. The predicted molar refractivity (Wildman–Crippen MR) is 101 cm³/mol. The monoisotopic (exact) mass is 395 g/mol. The lowest BCUT2D eigenvalue weighted by atomic mass is 10.0. The van der Waals surface area contributed by atoms with Crippen LogP contribution in [0.1, 0.15) is 33.1 Å². The number of anilines is 1. The number of halogens is 1. The summed E-state index contributed by atoms with van der Waals surface area (Å²) in [5.74, 6) is -2.30. The van der Waals surface area contributed by atoms with Crippen LogP contribution in [0, 0.1) is 5.92 Å². The van der Waals surface area contributed by atoms with Crippen molar-refractivity contribution in [2.45, 2.75) is 45.3 Å². The van der Waals surface area contributed by atoms with Gasteiger partial charge in [-0.05, 0) is 30.9 Å². The summed E-state index contributed by atoms with van der Waals surface area (Å²) in [6.45, 7) is 2.36. The van der Waals surface area contributed by atoms with Gasteiger partial charge in [0.15, 0.2) is 11.9 Å². The first-order valence-electron chi connectivity index (χ1n) is 8.93. The second kappa shape index (κ2) is 11.7. The van der Waals surface area contributed by atoms with E-state index in [0.717, 1.165) is 0 Å². The molecule has 0 fully saturated rings. The molecule has 0 aliphatic rings. The number of amides is 3. The van der Waals surface area contributed by atoms with Gasteiger partial charge < -0.3 is 15.8 Å². The number of benzene rings is 1. The smallest absolute Gasteiger partial charge is 0.412 e. The zero-order valence-electron chi connectivity index (χ0n) is 15.9. The van der Waals surface area contributed by atoms with E-state index >= 15 is 0 Å². The van der Waals surface area contributed by atoms with Gasteiger partial charge in [0.25, 0.3) is 5.91 Å². The molecule has 2 atom stereocenters. The molecule has 1 rings (SSSR count). The highest BCUT2D eigenvalue weighted by Crippen LogP contribution is 2.12. The molecule has 1 unspecified atom stereocenters. The van der Waals surface area contributed by atoms with Gasteiger partial charge in [0.2, 0.25) is 5.91 Å². The summed E-state index contributed by atoms with van der Waals surface area (Å²) >= 11 is 0. The summed E-state index contributed by atoms with van der Waals surface area (Å²) in [5.41, 5.74) is 5.53. The van der Waals surface area contributed by atoms with Gasteiger partial charge in [0, 0.05) is 12.1 Å². The number of alkyl halides is 1. The molecule has 154 valence electrons. The summed E-state index contributed by atoms with van der Waals surface area (Å²) in [7, 11) is 0. The van der Waals surface area contributed by atoms with Crippen LogP contribution in [-0.2, 0) is 19.1 Å². The van der Waals surface area contributed by atoms with E-state index in [1.54, 1.807) is 30.3 Å². The predicted octanol–water partition coefficient (Wildman–Crippen LogP) is 1.94. The van der Waals surface area contributed by atoms with Crippen LogP contribution in [0.2, 0.25) is 0 Å². The number of primary amides is 1. The van der Waals surface area contributed by atoms with E-state index in [-0.39, 0.29) is 25.2 Å². The minimum absolute atomic E-state index is 0.00113. The summed E-state index contributed by atoms with van der Waals surface area (Å²) in [4.78, 5) is 47.3. The first-order valence-corrected chi connectivity index (χ1v) is 8.93. The van der Waals surface area contributed by atoms with Crippen molar-refractivity contribution in [3.63, 3.8) is 0 Å². The molecule has 1 aromatic rings. The van der Waals surface area contributed by atoms with Crippen molar-refractivity contribution in [2.75, 3.05) is 12.0 Å². The topological polar surface area (TPSA) is 128 Å². The molecule has 3 amide bonds. The molecule has 9 heteroatoms. The summed E-state index contributed by atoms with van der Waals surface area (Å²) in [6.07, 6.45) is -2.15. The molecule has 0 spiro atoms. The fourth-order valence-corrected chi connectivity index (χ4v) is 2.39. The van der Waals surface area contributed by atoms with Gasteiger partial charge in [-0.25, -0.2) is 9.18 Å². The number of ether oxygens (including phenoxy) is 1. The first-order chi connectivity index (χ1) is 13.2. The minimum Gasteiger partial charge on any atom is -0.436 e. The lowest BCUT2D eigenvalue weighted by molar-refractivity contribution is -0.134. The third-order valence-corrected chi connectivity index (χ3v) is 3.76. The van der Waals surface area contributed by atoms with Crippen molar-refractivity contribution >= 4 is 29.4 Å². The number of ketones is 1. The molecule has 0 aliphatic heterocycles. The van der Waals surface area contributed by atoms with Gasteiger partial charge in [-0.1, -0.05) is 32.0 Å². The lowest BCUT2D eigenvalue weighted by Gasteiger charge is -2.22. The molecule has 0 aromatic heterocycles. The molecule has 8 nitrogen and oxygen atoms in total. The Morgan fingerprint density at radius 2 is 1.79 bits per heavy atom. The number of carbonyl (C=O) groups is 4. The molecule has 0 radical (unpaired) electrons. The van der Waals surface area contributed by atoms with E-state index in [9.17, 15) is 23.6 Å². The number of Topliss-reactive ketones (excluding diaryl/α,β-unsaturated/α-hetero) is 1. The Kier molecular flexibility index (Phi) is 9.63. The second-order valence-corrected chi connectivity index (χ2v) is 6.68. The van der Waals surface area contributed by atoms with E-state index in [4.69, 9.17) is 10.5 Å². The number of nitrogens with two attached hydrogens (primary N) is 1. The van der Waals surface area contributed by atoms with E-state index in [1.165, 1.54) is 0 Å². The van der Waals surface area contributed by atoms with Gasteiger partial charge in [-0.15, -0.1) is 0 Å². The molecule has 0 bridgehead atoms. The average Bonchev–Trinajstić information content (AvgIpc) is 2.63. The number of rotatable bonds is 11. The van der Waals surface area contributed by atoms with Gasteiger partial charge in [-0.2, -0.15) is 0 Å². The molecule has 0 saturated heterocycles. The number of hydrogen-bond donors (Lipinski definition) is 3. The van der Waals surface area contributed by atoms with Gasteiger partial charge >= 0.3 is 6.09 Å². The van der Waals surface area contributed by atoms with E-state index < -0.39 is 42.5 Å². The summed E-state index contributed by atoms with van der Waals surface area (Å²) in [5, 5.41) is 4.86. The van der Waals surface area contributed by atoms with Crippen LogP contribution in [0.15, 0.2) is 30.3 Å². The second-order valence-electron chi connectivity index (χ2n) is 6.68. The van der Waals surface area contributed by atoms with Crippen LogP contribution in [0.25, 0.3) is 0 Å². The summed E-state index contributed by atoms with van der Waals surface area (Å²) in [6, 6.07) is 7.30. The van der Waals surface area contributed by atoms with Crippen LogP contribution in [0.4, 0.5) is 14.9 Å². The van der Waals surface area contributed by atoms with Gasteiger partial charge in [0.05, 0.1) is 6.04 Å². The molecule has 0 heterocycles. The number of carbonyl (C=O) groups excluding carboxylic acids is 4. The Morgan fingerprint density at radius 1 is 1.14 bits per heavy atom. The minimum atomic E-state index is -1.30. The third kappa shape index (κ3) is 8.61. The van der Waals surface area contributed by atoms with Crippen LogP contribution in [-0.4, -0.2) is 42.5 Å². The Bertz CT molecular complexity index is 681. The van der Waals surface area contributed by atoms with Crippen molar-refractivity contribution in [2.24, 2.45) is 11.7 Å². The van der Waals surface area contributed by atoms with Crippen LogP contribution in [0.3, 0.4) is 0 Å². The number of nitrogens with one attached hydrogen (secondary N) is 2. The fourth-order valence-electron chi connectivity index (χ4n) is 2.39. The maximum Gasteiger partial charge on any atom is 0.412 e. The van der Waals surface area contributed by atoms with Crippen molar-refractivity contribution in [1.29, 1.82) is 0 Å². The normalized spacial score (nSPS) is 12.7. The number of hydrogen-bond acceptors (Lipinski definition) is 5. The average molecular weight is 395 g/mol. The third-order valence-electron chi connectivity index (χ3n) is 3.76. The van der Waals surface area contributed by atoms with Crippen molar-refractivity contribution < 1.29 is 28.3 Å². The van der Waals surface area contributed by atoms with E-state index in [0.29, 0.717) is 5.69 Å². The molecule has 1 aromatic carbocycles. The largest absolute Gasteiger partial charge is 0.436 e. The number of para-hydroxylation sites is 1. The molecule has 0 aliphatic carbocycles. The highest BCUT2D eigenvalue weighted by atomic mass is 19.1. The first kappa shape index (κ1) is 23.1. The maximum absolute atomic E-state index is 12.8. The van der Waals surface area contributed by atoms with Gasteiger partial charge in [0.1, 0.15) is 6.67 Å². The standard InChI is InChI=1S/C19H26FN3O5/c1-12(2)10-16(28-19(27)22-13-6-4-3-5-7-13)18(26)23-14(15(24)11-20)8-9-17(21)25/h3-7,12,14,16H,8-11H2,1-2H3,(H2,21,25)(H,22,27)(H,23,26)/t14?,16-/m0/s1. The molecule has 4 N–H and O–H groups in total. The SMILES string of the molecule is CC(C)C[C@H](OC(=O)Nc1ccccc1)C(=O)NC(CCC(N)=O)C(=O)CF. The fraction of sp³-hybridized carbons (Fsp3) is 0.474. The van der Waals surface area contributed by atoms with Crippen molar-refractivity contribution in [1.82, 2.24) is 5.32 Å². The lowest BCUT2D eigenvalue weighted by Crippen LogP contribution is -2.48. The van der Waals surface area contributed by atoms with E-state index in [1.807, 2.05) is 13.8 Å². The van der Waals surface area contributed by atoms with Crippen LogP contribution < -0.4 is 16.4 Å². The van der Waals surface area contributed by atoms with Gasteiger partial charge in [-0.3, -0.25) is 19.7 Å². The maximum atomic E-state index is 12.8. The highest BCUT2D eigenvalue weighted by molar-refractivity contribution is 5.93. The van der Waals surface area contributed by atoms with E-state index in [2.05, 4.69) is 10.6 Å². The zero-order chi connectivity index (χ0) is 21.1. The molecular formula is C19H26FN3O5. The van der Waals surface area contributed by atoms with Crippen LogP contribution in [0.5, 0.6) is 0 Å². The Morgan fingerprint density at radius 3 is 2.32 bits per heavy atom.